The number of amides is 3. The third-order valence-corrected chi connectivity index (χ3v) is 7.05. The number of ether oxygens (including phenoxy) is 1. The first-order valence-corrected chi connectivity index (χ1v) is 10.6. The second-order valence-corrected chi connectivity index (χ2v) is 8.89. The van der Waals surface area contributed by atoms with E-state index in [1.54, 1.807) is 14.7 Å². The Hall–Kier alpha value is -2.27. The first kappa shape index (κ1) is 21.0. The summed E-state index contributed by atoms with van der Waals surface area (Å²) in [6.07, 6.45) is -3.89. The second-order valence-electron chi connectivity index (χ2n) is 7.80. The molecule has 1 N–H and O–H groups in total. The third kappa shape index (κ3) is 3.76. The molecule has 164 valence electrons. The van der Waals surface area contributed by atoms with Crippen LogP contribution >= 0.6 is 11.3 Å². The maximum Gasteiger partial charge on any atom is 0.522 e. The fourth-order valence-corrected chi connectivity index (χ4v) is 5.30. The number of hydrogen-bond acceptors (Lipinski definition) is 5. The van der Waals surface area contributed by atoms with E-state index in [0.717, 1.165) is 16.9 Å². The molecule has 0 spiro atoms. The smallest absolute Gasteiger partial charge is 0.336 e. The standard InChI is InChI=1S/C19H23F3N4O3S/c1-10-8-13(10)26-12(3)25(6-7-29-19(20,21)22)17-15(16(26)27)11(2)14(30-17)9-24-5-4-23-18(24)28/h10,13H,3-9H2,1-2H3,(H,23,28). The zero-order chi connectivity index (χ0) is 21.8. The van der Waals surface area contributed by atoms with Gasteiger partial charge < -0.3 is 15.1 Å². The lowest BCUT2D eigenvalue weighted by Gasteiger charge is -2.38. The molecular formula is C19H23F3N4O3S. The van der Waals surface area contributed by atoms with Gasteiger partial charge in [-0.25, -0.2) is 4.79 Å². The highest BCUT2D eigenvalue weighted by atomic mass is 32.1. The number of hydrogen-bond donors (Lipinski definition) is 1. The zero-order valence-electron chi connectivity index (χ0n) is 16.7. The summed E-state index contributed by atoms with van der Waals surface area (Å²) in [5, 5.41) is 3.30. The molecule has 1 aliphatic carbocycles. The van der Waals surface area contributed by atoms with E-state index in [1.165, 1.54) is 11.3 Å². The van der Waals surface area contributed by atoms with Gasteiger partial charge in [0.05, 0.1) is 18.7 Å². The minimum atomic E-state index is -4.72. The van der Waals surface area contributed by atoms with E-state index in [4.69, 9.17) is 0 Å². The van der Waals surface area contributed by atoms with Gasteiger partial charge in [-0.1, -0.05) is 13.5 Å². The SMILES string of the molecule is C=C1N(CCOC(F)(F)F)c2sc(CN3CCNC3=O)c(C)c2C(=O)N1C1CC1C. The van der Waals surface area contributed by atoms with Crippen molar-refractivity contribution in [2.45, 2.75) is 39.2 Å². The van der Waals surface area contributed by atoms with Crippen molar-refractivity contribution in [3.63, 3.8) is 0 Å². The summed E-state index contributed by atoms with van der Waals surface area (Å²) in [6.45, 7) is 8.68. The molecule has 2 aliphatic heterocycles. The van der Waals surface area contributed by atoms with E-state index < -0.39 is 13.0 Å². The van der Waals surface area contributed by atoms with Crippen molar-refractivity contribution in [3.05, 3.63) is 28.4 Å². The number of carbonyl (C=O) groups excluding carboxylic acids is 2. The molecule has 2 fully saturated rings. The largest absolute Gasteiger partial charge is 0.522 e. The molecule has 7 nitrogen and oxygen atoms in total. The van der Waals surface area contributed by atoms with Crippen LogP contribution in [0, 0.1) is 12.8 Å². The molecule has 2 unspecified atom stereocenters. The van der Waals surface area contributed by atoms with Crippen LogP contribution in [0.2, 0.25) is 0 Å². The van der Waals surface area contributed by atoms with Gasteiger partial charge in [-0.05, 0) is 24.8 Å². The lowest BCUT2D eigenvalue weighted by Crippen LogP contribution is -2.46. The molecule has 1 saturated heterocycles. The van der Waals surface area contributed by atoms with Gasteiger partial charge >= 0.3 is 12.4 Å². The summed E-state index contributed by atoms with van der Waals surface area (Å²) in [7, 11) is 0. The van der Waals surface area contributed by atoms with E-state index >= 15 is 0 Å². The van der Waals surface area contributed by atoms with Gasteiger partial charge in [0.25, 0.3) is 5.91 Å². The highest BCUT2D eigenvalue weighted by Gasteiger charge is 2.47. The van der Waals surface area contributed by atoms with Gasteiger partial charge in [0.1, 0.15) is 10.8 Å². The molecule has 1 aromatic rings. The van der Waals surface area contributed by atoms with E-state index in [0.29, 0.717) is 41.9 Å². The van der Waals surface area contributed by atoms with Gasteiger partial charge in [-0.15, -0.1) is 24.5 Å². The van der Waals surface area contributed by atoms with Crippen molar-refractivity contribution in [1.82, 2.24) is 15.1 Å². The van der Waals surface area contributed by atoms with Crippen LogP contribution < -0.4 is 10.2 Å². The van der Waals surface area contributed by atoms with Crippen molar-refractivity contribution in [1.29, 1.82) is 0 Å². The molecule has 0 bridgehead atoms. The van der Waals surface area contributed by atoms with Crippen LogP contribution in [0.4, 0.5) is 23.0 Å². The number of nitrogens with zero attached hydrogens (tertiary/aromatic N) is 3. The Bertz CT molecular complexity index is 900. The molecule has 2 atom stereocenters. The van der Waals surface area contributed by atoms with Gasteiger partial charge in [-0.3, -0.25) is 14.4 Å². The van der Waals surface area contributed by atoms with E-state index in [-0.39, 0.29) is 24.5 Å². The number of urea groups is 1. The second kappa shape index (κ2) is 7.45. The lowest BCUT2D eigenvalue weighted by molar-refractivity contribution is -0.323. The summed E-state index contributed by atoms with van der Waals surface area (Å²) in [6, 6.07) is -0.170. The summed E-state index contributed by atoms with van der Waals surface area (Å²) >= 11 is 1.32. The van der Waals surface area contributed by atoms with Crippen LogP contribution in [0.1, 0.15) is 34.1 Å². The average molecular weight is 444 g/mol. The first-order valence-electron chi connectivity index (χ1n) is 9.74. The van der Waals surface area contributed by atoms with E-state index in [9.17, 15) is 22.8 Å². The Morgan fingerprint density at radius 2 is 2.03 bits per heavy atom. The summed E-state index contributed by atoms with van der Waals surface area (Å²) in [5.74, 6) is 0.509. The van der Waals surface area contributed by atoms with Crippen molar-refractivity contribution < 1.29 is 27.5 Å². The van der Waals surface area contributed by atoms with Crippen LogP contribution in [-0.4, -0.2) is 60.4 Å². The molecule has 30 heavy (non-hydrogen) atoms. The van der Waals surface area contributed by atoms with Gasteiger partial charge in [0, 0.05) is 30.6 Å². The Morgan fingerprint density at radius 1 is 1.33 bits per heavy atom. The highest BCUT2D eigenvalue weighted by molar-refractivity contribution is 7.16. The lowest BCUT2D eigenvalue weighted by atomic mass is 10.1. The molecule has 3 aliphatic rings. The number of halogens is 3. The number of nitrogens with one attached hydrogen (secondary N) is 1. The number of fused-ring (bicyclic) bond motifs is 1. The van der Waals surface area contributed by atoms with Crippen LogP contribution in [0.3, 0.4) is 0 Å². The normalized spacial score (nSPS) is 23.9. The van der Waals surface area contributed by atoms with E-state index in [1.807, 2.05) is 13.8 Å². The topological polar surface area (TPSA) is 65.1 Å². The van der Waals surface area contributed by atoms with Crippen LogP contribution in [0.15, 0.2) is 12.4 Å². The van der Waals surface area contributed by atoms with Crippen LogP contribution in [-0.2, 0) is 11.3 Å². The van der Waals surface area contributed by atoms with Crippen molar-refractivity contribution in [2.75, 3.05) is 31.1 Å². The molecular weight excluding hydrogens is 421 g/mol. The third-order valence-electron chi connectivity index (χ3n) is 5.75. The number of anilines is 1. The highest BCUT2D eigenvalue weighted by Crippen LogP contribution is 2.47. The minimum absolute atomic E-state index is 0.00343. The average Bonchev–Trinajstić information content (AvgIpc) is 3.06. The van der Waals surface area contributed by atoms with Crippen molar-refractivity contribution >= 4 is 28.3 Å². The Kier molecular flexibility index (Phi) is 5.21. The quantitative estimate of drug-likeness (QED) is 0.732. The minimum Gasteiger partial charge on any atom is -0.336 e. The van der Waals surface area contributed by atoms with Crippen LogP contribution in [0.25, 0.3) is 0 Å². The van der Waals surface area contributed by atoms with Gasteiger partial charge in [0.2, 0.25) is 0 Å². The van der Waals surface area contributed by atoms with Crippen molar-refractivity contribution in [2.24, 2.45) is 5.92 Å². The molecule has 1 saturated carbocycles. The first-order chi connectivity index (χ1) is 14.1. The fraction of sp³-hybridized carbons (Fsp3) is 0.579. The molecule has 3 heterocycles. The van der Waals surface area contributed by atoms with Gasteiger partial charge in [-0.2, -0.15) is 0 Å². The zero-order valence-corrected chi connectivity index (χ0v) is 17.5. The monoisotopic (exact) mass is 444 g/mol. The molecule has 0 aromatic carbocycles. The fourth-order valence-electron chi connectivity index (χ4n) is 3.94. The Labute approximate surface area is 176 Å². The predicted molar refractivity (Wildman–Crippen MR) is 105 cm³/mol. The number of carbonyl (C=O) groups is 2. The number of thiophene rings is 1. The molecule has 4 rings (SSSR count). The number of alkyl halides is 3. The summed E-state index contributed by atoms with van der Waals surface area (Å²) < 4.78 is 41.5. The molecule has 3 amide bonds. The Morgan fingerprint density at radius 3 is 2.60 bits per heavy atom. The molecule has 0 radical (unpaired) electrons. The van der Waals surface area contributed by atoms with Gasteiger partial charge in [0.15, 0.2) is 0 Å². The predicted octanol–water partition coefficient (Wildman–Crippen LogP) is 3.26. The maximum atomic E-state index is 13.3. The van der Waals surface area contributed by atoms with Crippen molar-refractivity contribution in [3.8, 4) is 0 Å². The molecule has 11 heteroatoms. The maximum absolute atomic E-state index is 13.3. The summed E-state index contributed by atoms with van der Waals surface area (Å²) in [5.41, 5.74) is 1.24. The van der Waals surface area contributed by atoms with Crippen LogP contribution in [0.5, 0.6) is 0 Å². The number of rotatable bonds is 6. The summed E-state index contributed by atoms with van der Waals surface area (Å²) in [4.78, 5) is 31.0. The molecule has 1 aromatic heterocycles. The van der Waals surface area contributed by atoms with E-state index in [2.05, 4.69) is 16.6 Å². The Balaban J connectivity index is 1.66.